The van der Waals surface area contributed by atoms with Crippen LogP contribution in [0.2, 0.25) is 0 Å². The number of benzene rings is 1. The number of fused-ring (bicyclic) bond motifs is 1. The van der Waals surface area contributed by atoms with Gasteiger partial charge in [-0.15, -0.1) is 0 Å². The number of hydrogen-bond acceptors (Lipinski definition) is 5. The Morgan fingerprint density at radius 2 is 1.68 bits per heavy atom. The number of furan rings is 1. The van der Waals surface area contributed by atoms with Crippen LogP contribution in [0, 0.1) is 11.8 Å². The van der Waals surface area contributed by atoms with Gasteiger partial charge in [0.05, 0.1) is 11.2 Å². The van der Waals surface area contributed by atoms with E-state index in [0.29, 0.717) is 18.7 Å². The third kappa shape index (κ3) is 7.25. The average molecular weight is 453 g/mol. The summed E-state index contributed by atoms with van der Waals surface area (Å²) in [4.78, 5) is 14.5. The van der Waals surface area contributed by atoms with Gasteiger partial charge in [0, 0.05) is 31.6 Å². The second-order valence-electron chi connectivity index (χ2n) is 9.70. The van der Waals surface area contributed by atoms with Gasteiger partial charge in [-0.3, -0.25) is 0 Å². The van der Waals surface area contributed by atoms with Crippen molar-refractivity contribution >= 4 is 27.1 Å². The van der Waals surface area contributed by atoms with Crippen LogP contribution >= 0.6 is 0 Å². The van der Waals surface area contributed by atoms with Gasteiger partial charge in [-0.1, -0.05) is 27.7 Å². The molecule has 0 aliphatic rings. The van der Waals surface area contributed by atoms with Crippen molar-refractivity contribution < 1.29 is 22.4 Å². The summed E-state index contributed by atoms with van der Waals surface area (Å²) in [6.07, 6.45) is 1.11. The molecule has 2 aromatic rings. The normalized spacial score (nSPS) is 12.8. The van der Waals surface area contributed by atoms with Gasteiger partial charge < -0.3 is 14.1 Å². The van der Waals surface area contributed by atoms with Crippen molar-refractivity contribution in [3.8, 4) is 0 Å². The van der Waals surface area contributed by atoms with Crippen LogP contribution in [0.3, 0.4) is 0 Å². The summed E-state index contributed by atoms with van der Waals surface area (Å²) < 4.78 is 39.2. The summed E-state index contributed by atoms with van der Waals surface area (Å²) >= 11 is 0. The van der Waals surface area contributed by atoms with E-state index in [1.54, 1.807) is 29.2 Å². The molecule has 0 spiro atoms. The smallest absolute Gasteiger partial charge is 0.410 e. The van der Waals surface area contributed by atoms with E-state index in [4.69, 9.17) is 9.15 Å². The molecule has 7 nitrogen and oxygen atoms in total. The minimum atomic E-state index is -3.74. The summed E-state index contributed by atoms with van der Waals surface area (Å²) in [5.74, 6) is 0.360. The van der Waals surface area contributed by atoms with E-state index in [2.05, 4.69) is 0 Å². The van der Waals surface area contributed by atoms with Gasteiger partial charge in [0.2, 0.25) is 10.0 Å². The first-order chi connectivity index (χ1) is 14.3. The molecule has 1 aromatic carbocycles. The number of nitrogens with zero attached hydrogens (tertiary/aromatic N) is 2. The molecule has 31 heavy (non-hydrogen) atoms. The first-order valence-electron chi connectivity index (χ1n) is 10.7. The summed E-state index contributed by atoms with van der Waals surface area (Å²) in [7, 11) is -3.74. The number of ether oxygens (including phenoxy) is 1. The van der Waals surface area contributed by atoms with E-state index in [0.717, 1.165) is 5.39 Å². The van der Waals surface area contributed by atoms with E-state index in [9.17, 15) is 13.2 Å². The maximum atomic E-state index is 13.4. The molecule has 0 radical (unpaired) electrons. The highest BCUT2D eigenvalue weighted by Gasteiger charge is 2.28. The second kappa shape index (κ2) is 10.0. The van der Waals surface area contributed by atoms with E-state index in [1.807, 2.05) is 48.5 Å². The minimum absolute atomic E-state index is 0.132. The van der Waals surface area contributed by atoms with Gasteiger partial charge in [0.15, 0.2) is 0 Å². The van der Waals surface area contributed by atoms with Gasteiger partial charge in [-0.05, 0) is 56.9 Å². The predicted molar refractivity (Wildman–Crippen MR) is 122 cm³/mol. The number of carbonyl (C=O) groups is 1. The SMILES string of the molecule is CC(C)CN(CCN(CC(C)C)S(=O)(=O)c1ccc2occc2c1)C(=O)OC(C)(C)C. The molecule has 1 heterocycles. The summed E-state index contributed by atoms with van der Waals surface area (Å²) in [5, 5.41) is 0.737. The molecule has 174 valence electrons. The van der Waals surface area contributed by atoms with Crippen LogP contribution in [0.1, 0.15) is 48.5 Å². The monoisotopic (exact) mass is 452 g/mol. The van der Waals surface area contributed by atoms with Gasteiger partial charge >= 0.3 is 6.09 Å². The Bertz CT molecular complexity index is 973. The zero-order valence-corrected chi connectivity index (χ0v) is 20.5. The Morgan fingerprint density at radius 3 is 2.26 bits per heavy atom. The van der Waals surface area contributed by atoms with Crippen LogP contribution in [-0.2, 0) is 14.8 Å². The molecule has 0 atom stereocenters. The molecule has 1 aromatic heterocycles. The first kappa shape index (κ1) is 25.2. The van der Waals surface area contributed by atoms with Crippen LogP contribution in [0.4, 0.5) is 4.79 Å². The van der Waals surface area contributed by atoms with E-state index in [1.165, 1.54) is 10.6 Å². The summed E-state index contributed by atoms with van der Waals surface area (Å²) in [6.45, 7) is 14.7. The zero-order chi connectivity index (χ0) is 23.4. The molecule has 0 fully saturated rings. The highest BCUT2D eigenvalue weighted by atomic mass is 32.2. The molecule has 0 saturated heterocycles. The lowest BCUT2D eigenvalue weighted by Crippen LogP contribution is -2.45. The van der Waals surface area contributed by atoms with Crippen molar-refractivity contribution in [1.29, 1.82) is 0 Å². The van der Waals surface area contributed by atoms with Gasteiger partial charge in [-0.2, -0.15) is 4.31 Å². The van der Waals surface area contributed by atoms with Crippen molar-refractivity contribution in [2.75, 3.05) is 26.2 Å². The Balaban J connectivity index is 2.26. The lowest BCUT2D eigenvalue weighted by molar-refractivity contribution is 0.0220. The standard InChI is InChI=1S/C23H36N2O5S/c1-17(2)15-24(22(26)30-23(5,6)7)11-12-25(16-18(3)4)31(27,28)20-8-9-21-19(14-20)10-13-29-21/h8-10,13-14,17-18H,11-12,15-16H2,1-7H3. The van der Waals surface area contributed by atoms with Crippen LogP contribution < -0.4 is 0 Å². The third-order valence-electron chi connectivity index (χ3n) is 4.49. The maximum absolute atomic E-state index is 13.4. The maximum Gasteiger partial charge on any atom is 0.410 e. The van der Waals surface area contributed by atoms with E-state index >= 15 is 0 Å². The molecule has 2 rings (SSSR count). The fraction of sp³-hybridized carbons (Fsp3) is 0.609. The Morgan fingerprint density at radius 1 is 1.03 bits per heavy atom. The van der Waals surface area contributed by atoms with Gasteiger partial charge in [0.1, 0.15) is 11.2 Å². The Hall–Kier alpha value is -2.06. The molecule has 0 aliphatic heterocycles. The Labute approximate surface area is 186 Å². The fourth-order valence-corrected chi connectivity index (χ4v) is 4.86. The van der Waals surface area contributed by atoms with Crippen molar-refractivity contribution in [1.82, 2.24) is 9.21 Å². The van der Waals surface area contributed by atoms with Crippen LogP contribution in [0.15, 0.2) is 39.8 Å². The molecule has 0 aliphatic carbocycles. The highest BCUT2D eigenvalue weighted by Crippen LogP contribution is 2.23. The number of carbonyl (C=O) groups excluding carboxylic acids is 1. The number of hydrogen-bond donors (Lipinski definition) is 0. The lowest BCUT2D eigenvalue weighted by atomic mass is 10.2. The van der Waals surface area contributed by atoms with Crippen LogP contribution in [-0.4, -0.2) is 55.5 Å². The zero-order valence-electron chi connectivity index (χ0n) is 19.7. The molecular weight excluding hydrogens is 416 g/mol. The van der Waals surface area contributed by atoms with Crippen molar-refractivity contribution in [3.63, 3.8) is 0 Å². The average Bonchev–Trinajstić information content (AvgIpc) is 3.09. The van der Waals surface area contributed by atoms with Crippen LogP contribution in [0.25, 0.3) is 11.0 Å². The predicted octanol–water partition coefficient (Wildman–Crippen LogP) is 4.97. The molecular formula is C23H36N2O5S. The molecule has 0 N–H and O–H groups in total. The quantitative estimate of drug-likeness (QED) is 0.536. The number of sulfonamides is 1. The van der Waals surface area contributed by atoms with Crippen molar-refractivity contribution in [2.24, 2.45) is 11.8 Å². The van der Waals surface area contributed by atoms with E-state index in [-0.39, 0.29) is 29.8 Å². The largest absolute Gasteiger partial charge is 0.464 e. The highest BCUT2D eigenvalue weighted by molar-refractivity contribution is 7.89. The van der Waals surface area contributed by atoms with Crippen molar-refractivity contribution in [3.05, 3.63) is 30.5 Å². The summed E-state index contributed by atoms with van der Waals surface area (Å²) in [5.41, 5.74) is 0.0260. The third-order valence-corrected chi connectivity index (χ3v) is 6.35. The Kier molecular flexibility index (Phi) is 8.16. The molecule has 1 amide bonds. The number of rotatable bonds is 9. The van der Waals surface area contributed by atoms with Gasteiger partial charge in [-0.25, -0.2) is 13.2 Å². The lowest BCUT2D eigenvalue weighted by Gasteiger charge is -2.31. The van der Waals surface area contributed by atoms with Crippen molar-refractivity contribution in [2.45, 2.75) is 59.0 Å². The topological polar surface area (TPSA) is 80.1 Å². The molecule has 8 heteroatoms. The van der Waals surface area contributed by atoms with Crippen LogP contribution in [0.5, 0.6) is 0 Å². The number of amides is 1. The molecule has 0 saturated carbocycles. The first-order valence-corrected chi connectivity index (χ1v) is 12.2. The van der Waals surface area contributed by atoms with E-state index < -0.39 is 21.7 Å². The van der Waals surface area contributed by atoms with Gasteiger partial charge in [0.25, 0.3) is 0 Å². The molecule has 0 bridgehead atoms. The second-order valence-corrected chi connectivity index (χ2v) is 11.6. The summed E-state index contributed by atoms with van der Waals surface area (Å²) in [6, 6.07) is 6.60. The fourth-order valence-electron chi connectivity index (χ4n) is 3.23. The minimum Gasteiger partial charge on any atom is -0.464 e. The molecule has 0 unspecified atom stereocenters.